The fourth-order valence-electron chi connectivity index (χ4n) is 5.28. The van der Waals surface area contributed by atoms with E-state index in [0.29, 0.717) is 22.2 Å². The summed E-state index contributed by atoms with van der Waals surface area (Å²) in [7, 11) is 0. The molecule has 6 rings (SSSR count). The van der Waals surface area contributed by atoms with E-state index in [4.69, 9.17) is 5.73 Å². The molecule has 9 nitrogen and oxygen atoms in total. The van der Waals surface area contributed by atoms with Gasteiger partial charge in [0.25, 0.3) is 11.5 Å². The number of piperidine rings is 1. The van der Waals surface area contributed by atoms with Gasteiger partial charge in [0.2, 0.25) is 0 Å². The number of para-hydroxylation sites is 1. The first-order valence-electron chi connectivity index (χ1n) is 12.1. The summed E-state index contributed by atoms with van der Waals surface area (Å²) in [6.07, 6.45) is 1.80. The lowest BCUT2D eigenvalue weighted by atomic mass is 10.1. The van der Waals surface area contributed by atoms with Crippen molar-refractivity contribution in [2.24, 2.45) is 17.6 Å². The van der Waals surface area contributed by atoms with Gasteiger partial charge in [0.1, 0.15) is 11.4 Å². The molecule has 2 aliphatic rings. The first kappa shape index (κ1) is 23.3. The molecular formula is C26H25F2N7O2. The minimum Gasteiger partial charge on any atom is -0.369 e. The van der Waals surface area contributed by atoms with Gasteiger partial charge in [0.05, 0.1) is 23.1 Å². The maximum absolute atomic E-state index is 14.3. The third-order valence-electron chi connectivity index (χ3n) is 7.25. The summed E-state index contributed by atoms with van der Waals surface area (Å²) in [5.74, 6) is -1.72. The molecule has 0 bridgehead atoms. The van der Waals surface area contributed by atoms with Crippen LogP contribution in [0.5, 0.6) is 0 Å². The second-order valence-electron chi connectivity index (χ2n) is 9.88. The number of nitrogens with one attached hydrogen (secondary N) is 1. The topological polar surface area (TPSA) is 111 Å². The van der Waals surface area contributed by atoms with Crippen LogP contribution in [0.1, 0.15) is 30.4 Å². The molecule has 1 aliphatic carbocycles. The smallest absolute Gasteiger partial charge is 0.276 e. The Kier molecular flexibility index (Phi) is 5.34. The molecule has 1 aliphatic heterocycles. The molecule has 1 saturated heterocycles. The Morgan fingerprint density at radius 2 is 1.76 bits per heavy atom. The number of aromatic nitrogens is 4. The van der Waals surface area contributed by atoms with Crippen LogP contribution in [0.2, 0.25) is 0 Å². The van der Waals surface area contributed by atoms with E-state index in [1.165, 1.54) is 12.1 Å². The highest BCUT2D eigenvalue weighted by Crippen LogP contribution is 2.48. The molecule has 2 fully saturated rings. The molecule has 0 radical (unpaired) electrons. The van der Waals surface area contributed by atoms with Crippen LogP contribution in [-0.2, 0) is 0 Å². The normalized spacial score (nSPS) is 20.5. The van der Waals surface area contributed by atoms with Gasteiger partial charge in [-0.05, 0) is 56.0 Å². The second-order valence-corrected chi connectivity index (χ2v) is 9.88. The van der Waals surface area contributed by atoms with Crippen LogP contribution in [0.15, 0.2) is 53.5 Å². The number of rotatable bonds is 5. The van der Waals surface area contributed by atoms with Crippen molar-refractivity contribution < 1.29 is 13.6 Å². The number of benzene rings is 2. The maximum atomic E-state index is 14.3. The van der Waals surface area contributed by atoms with E-state index < -0.39 is 28.8 Å². The number of halogens is 2. The molecule has 2 aromatic heterocycles. The van der Waals surface area contributed by atoms with Gasteiger partial charge in [0.15, 0.2) is 11.6 Å². The van der Waals surface area contributed by atoms with E-state index in [0.717, 1.165) is 47.9 Å². The number of nitrogens with two attached hydrogens (primary N) is 1. The molecule has 1 amide bonds. The molecule has 37 heavy (non-hydrogen) atoms. The maximum Gasteiger partial charge on any atom is 0.276 e. The van der Waals surface area contributed by atoms with Gasteiger partial charge in [-0.3, -0.25) is 14.3 Å². The molecule has 1 unspecified atom stereocenters. The highest BCUT2D eigenvalue weighted by atomic mass is 19.1. The number of fused-ring (bicyclic) bond motifs is 2. The van der Waals surface area contributed by atoms with Crippen molar-refractivity contribution in [2.75, 3.05) is 23.3 Å². The Bertz CT molecular complexity index is 1580. The predicted octanol–water partition coefficient (Wildman–Crippen LogP) is 3.09. The Balaban J connectivity index is 1.39. The van der Waals surface area contributed by atoms with Gasteiger partial charge >= 0.3 is 0 Å². The van der Waals surface area contributed by atoms with Crippen LogP contribution in [-0.4, -0.2) is 44.6 Å². The lowest BCUT2D eigenvalue weighted by molar-refractivity contribution is 0.102. The number of carbonyl (C=O) groups excluding carboxylic acids is 1. The monoisotopic (exact) mass is 505 g/mol. The SMILES string of the molecule is CC(C)n1ncc2c(N3C[C@@H]4C(N)[C@@H]4C3)c(NC(=O)c3ccc(=O)n(-c4c(F)cccc4F)n3)ccc21. The number of hydrogen-bond donors (Lipinski definition) is 2. The Morgan fingerprint density at radius 3 is 2.43 bits per heavy atom. The van der Waals surface area contributed by atoms with Crippen molar-refractivity contribution in [3.63, 3.8) is 0 Å². The molecule has 3 heterocycles. The molecular weight excluding hydrogens is 480 g/mol. The summed E-state index contributed by atoms with van der Waals surface area (Å²) in [5, 5.41) is 12.3. The molecule has 0 spiro atoms. The minimum absolute atomic E-state index is 0.148. The van der Waals surface area contributed by atoms with Crippen molar-refractivity contribution in [2.45, 2.75) is 25.9 Å². The van der Waals surface area contributed by atoms with Crippen molar-refractivity contribution in [3.8, 4) is 5.69 Å². The minimum atomic E-state index is -0.965. The molecule has 4 aromatic rings. The van der Waals surface area contributed by atoms with Crippen molar-refractivity contribution >= 4 is 28.2 Å². The number of hydrogen-bond acceptors (Lipinski definition) is 6. The fraction of sp³-hybridized carbons (Fsp3) is 0.308. The number of carbonyl (C=O) groups is 1. The van der Waals surface area contributed by atoms with Gasteiger partial charge in [-0.15, -0.1) is 0 Å². The standard InChI is InChI=1S/C26H25F2N7O2/c1-13(2)34-21-8-6-19(24(14(21)10-30-34)33-11-15-16(12-33)23(15)29)31-26(37)20-7-9-22(36)35(32-20)25-17(27)4-3-5-18(25)28/h3-10,13,15-16,23H,11-12,29H2,1-2H3,(H,31,37)/t15-,16+,23?. The van der Waals surface area contributed by atoms with Crippen LogP contribution in [0, 0.1) is 23.5 Å². The lowest BCUT2D eigenvalue weighted by Gasteiger charge is -2.25. The first-order chi connectivity index (χ1) is 17.7. The van der Waals surface area contributed by atoms with Gasteiger partial charge in [-0.2, -0.15) is 14.9 Å². The van der Waals surface area contributed by atoms with Gasteiger partial charge < -0.3 is 16.0 Å². The second kappa shape index (κ2) is 8.48. The molecule has 11 heteroatoms. The van der Waals surface area contributed by atoms with E-state index in [-0.39, 0.29) is 17.8 Å². The average Bonchev–Trinajstić information content (AvgIpc) is 3.23. The predicted molar refractivity (Wildman–Crippen MR) is 135 cm³/mol. The number of nitrogens with zero attached hydrogens (tertiary/aromatic N) is 5. The van der Waals surface area contributed by atoms with E-state index in [9.17, 15) is 18.4 Å². The molecule has 3 atom stereocenters. The number of amides is 1. The fourth-order valence-corrected chi connectivity index (χ4v) is 5.28. The third kappa shape index (κ3) is 3.77. The summed E-state index contributed by atoms with van der Waals surface area (Å²) in [6, 6.07) is 9.57. The van der Waals surface area contributed by atoms with Crippen molar-refractivity contribution in [1.29, 1.82) is 0 Å². The Hall–Kier alpha value is -4.12. The molecule has 1 saturated carbocycles. The third-order valence-corrected chi connectivity index (χ3v) is 7.25. The highest BCUT2D eigenvalue weighted by molar-refractivity contribution is 6.09. The summed E-state index contributed by atoms with van der Waals surface area (Å²) in [6.45, 7) is 5.64. The van der Waals surface area contributed by atoms with E-state index in [1.54, 1.807) is 6.20 Å². The zero-order valence-corrected chi connectivity index (χ0v) is 20.2. The van der Waals surface area contributed by atoms with E-state index >= 15 is 0 Å². The van der Waals surface area contributed by atoms with Gasteiger partial charge in [-0.25, -0.2) is 8.78 Å². The quantitative estimate of drug-likeness (QED) is 0.431. The van der Waals surface area contributed by atoms with Crippen LogP contribution >= 0.6 is 0 Å². The summed E-state index contributed by atoms with van der Waals surface area (Å²) in [5.41, 5.74) is 6.91. The van der Waals surface area contributed by atoms with Gasteiger partial charge in [0, 0.05) is 36.6 Å². The summed E-state index contributed by atoms with van der Waals surface area (Å²) >= 11 is 0. The zero-order valence-electron chi connectivity index (χ0n) is 20.2. The van der Waals surface area contributed by atoms with Crippen LogP contribution in [0.3, 0.4) is 0 Å². The summed E-state index contributed by atoms with van der Waals surface area (Å²) < 4.78 is 31.1. The van der Waals surface area contributed by atoms with Gasteiger partial charge in [-0.1, -0.05) is 6.07 Å². The van der Waals surface area contributed by atoms with Crippen LogP contribution < -0.4 is 21.5 Å². The Morgan fingerprint density at radius 1 is 1.05 bits per heavy atom. The van der Waals surface area contributed by atoms with Crippen molar-refractivity contribution in [1.82, 2.24) is 19.6 Å². The average molecular weight is 506 g/mol. The first-order valence-corrected chi connectivity index (χ1v) is 12.1. The Labute approximate surface area is 210 Å². The molecule has 3 N–H and O–H groups in total. The zero-order chi connectivity index (χ0) is 26.0. The molecule has 190 valence electrons. The summed E-state index contributed by atoms with van der Waals surface area (Å²) in [4.78, 5) is 27.9. The molecule has 2 aromatic carbocycles. The van der Waals surface area contributed by atoms with Crippen LogP contribution in [0.25, 0.3) is 16.6 Å². The highest BCUT2D eigenvalue weighted by Gasteiger charge is 2.54. The van der Waals surface area contributed by atoms with E-state index in [2.05, 4.69) is 20.4 Å². The van der Waals surface area contributed by atoms with E-state index in [1.807, 2.05) is 30.7 Å². The van der Waals surface area contributed by atoms with Crippen molar-refractivity contribution in [3.05, 3.63) is 76.3 Å². The van der Waals surface area contributed by atoms with Crippen LogP contribution in [0.4, 0.5) is 20.2 Å². The lowest BCUT2D eigenvalue weighted by Crippen LogP contribution is -2.30. The largest absolute Gasteiger partial charge is 0.369 e. The number of anilines is 2.